The van der Waals surface area contributed by atoms with Crippen LogP contribution in [0.1, 0.15) is 62.2 Å². The fraction of sp³-hybridized carbons (Fsp3) is 0.667. The van der Waals surface area contributed by atoms with Gasteiger partial charge in [0, 0.05) is 12.4 Å². The van der Waals surface area contributed by atoms with E-state index in [1.54, 1.807) is 0 Å². The highest BCUT2D eigenvalue weighted by Crippen LogP contribution is 2.32. The molecule has 0 bridgehead atoms. The van der Waals surface area contributed by atoms with Crippen molar-refractivity contribution < 1.29 is 5.11 Å². The lowest BCUT2D eigenvalue weighted by Crippen LogP contribution is -2.14. The second-order valence-corrected chi connectivity index (χ2v) is 5.35. The summed E-state index contributed by atoms with van der Waals surface area (Å²) in [6, 6.07) is 2.07. The summed E-state index contributed by atoms with van der Waals surface area (Å²) in [5, 5.41) is 10.4. The predicted octanol–water partition coefficient (Wildman–Crippen LogP) is 3.78. The first-order valence-electron chi connectivity index (χ1n) is 6.87. The number of aryl methyl sites for hydroxylation is 1. The van der Waals surface area contributed by atoms with Gasteiger partial charge < -0.3 is 5.11 Å². The lowest BCUT2D eigenvalue weighted by atomic mass is 9.85. The topological polar surface area (TPSA) is 33.1 Å². The summed E-state index contributed by atoms with van der Waals surface area (Å²) >= 11 is 0. The van der Waals surface area contributed by atoms with Gasteiger partial charge in [-0.3, -0.25) is 4.98 Å². The molecule has 0 amide bonds. The van der Waals surface area contributed by atoms with Gasteiger partial charge in [-0.25, -0.2) is 0 Å². The molecule has 1 aromatic heterocycles. The zero-order valence-electron chi connectivity index (χ0n) is 10.7. The van der Waals surface area contributed by atoms with Crippen LogP contribution < -0.4 is 0 Å². The number of aliphatic hydroxyl groups is 1. The zero-order valence-corrected chi connectivity index (χ0v) is 10.7. The van der Waals surface area contributed by atoms with Gasteiger partial charge in [-0.1, -0.05) is 38.2 Å². The Balaban J connectivity index is 2.04. The smallest absolute Gasteiger partial charge is 0.0833 e. The summed E-state index contributed by atoms with van der Waals surface area (Å²) in [7, 11) is 0. The number of rotatable bonds is 2. The normalized spacial score (nSPS) is 20.6. The van der Waals surface area contributed by atoms with E-state index < -0.39 is 0 Å². The number of hydrogen-bond acceptors (Lipinski definition) is 2. The third kappa shape index (κ3) is 3.53. The molecule has 0 radical (unpaired) electrons. The minimum absolute atomic E-state index is 0.319. The van der Waals surface area contributed by atoms with E-state index in [-0.39, 0.29) is 6.10 Å². The van der Waals surface area contributed by atoms with Crippen molar-refractivity contribution in [3.63, 3.8) is 0 Å². The maximum absolute atomic E-state index is 10.4. The Bertz CT molecular complexity index is 343. The summed E-state index contributed by atoms with van der Waals surface area (Å²) in [5.74, 6) is 0.430. The van der Waals surface area contributed by atoms with E-state index >= 15 is 0 Å². The molecule has 1 heterocycles. The van der Waals surface area contributed by atoms with Gasteiger partial charge in [0.05, 0.1) is 6.10 Å². The SMILES string of the molecule is Cc1cncc(C(O)C2CCCCCCC2)c1. The van der Waals surface area contributed by atoms with E-state index in [1.165, 1.54) is 32.1 Å². The monoisotopic (exact) mass is 233 g/mol. The van der Waals surface area contributed by atoms with Crippen LogP contribution in [0.3, 0.4) is 0 Å². The molecule has 0 spiro atoms. The summed E-state index contributed by atoms with van der Waals surface area (Å²) in [5.41, 5.74) is 2.13. The molecule has 1 unspecified atom stereocenters. The molecule has 2 nitrogen and oxygen atoms in total. The first-order chi connectivity index (χ1) is 8.27. The van der Waals surface area contributed by atoms with Gasteiger partial charge in [-0.2, -0.15) is 0 Å². The van der Waals surface area contributed by atoms with Crippen LogP contribution in [0, 0.1) is 12.8 Å². The highest BCUT2D eigenvalue weighted by Gasteiger charge is 2.21. The van der Waals surface area contributed by atoms with Crippen molar-refractivity contribution in [2.75, 3.05) is 0 Å². The van der Waals surface area contributed by atoms with Crippen molar-refractivity contribution in [1.29, 1.82) is 0 Å². The molecule has 1 saturated carbocycles. The number of aromatic nitrogens is 1. The Morgan fingerprint density at radius 2 is 1.76 bits per heavy atom. The van der Waals surface area contributed by atoms with Crippen LogP contribution >= 0.6 is 0 Å². The van der Waals surface area contributed by atoms with Gasteiger partial charge in [-0.05, 0) is 36.8 Å². The van der Waals surface area contributed by atoms with Crippen molar-refractivity contribution in [3.05, 3.63) is 29.6 Å². The van der Waals surface area contributed by atoms with E-state index in [2.05, 4.69) is 11.1 Å². The molecule has 1 N–H and O–H groups in total. The Kier molecular flexibility index (Phi) is 4.55. The van der Waals surface area contributed by atoms with Gasteiger partial charge >= 0.3 is 0 Å². The van der Waals surface area contributed by atoms with E-state index in [1.807, 2.05) is 19.3 Å². The zero-order chi connectivity index (χ0) is 12.1. The van der Waals surface area contributed by atoms with Gasteiger partial charge in [0.25, 0.3) is 0 Å². The summed E-state index contributed by atoms with van der Waals surface area (Å²) in [4.78, 5) is 4.18. The molecule has 1 atom stereocenters. The number of aliphatic hydroxyl groups excluding tert-OH is 1. The van der Waals surface area contributed by atoms with Crippen LogP contribution in [-0.4, -0.2) is 10.1 Å². The van der Waals surface area contributed by atoms with Crippen LogP contribution in [-0.2, 0) is 0 Å². The van der Waals surface area contributed by atoms with Gasteiger partial charge in [-0.15, -0.1) is 0 Å². The summed E-state index contributed by atoms with van der Waals surface area (Å²) < 4.78 is 0. The van der Waals surface area contributed by atoms with Crippen molar-refractivity contribution in [2.45, 2.75) is 58.0 Å². The Hall–Kier alpha value is -0.890. The van der Waals surface area contributed by atoms with Crippen LogP contribution in [0.25, 0.3) is 0 Å². The Morgan fingerprint density at radius 3 is 2.41 bits per heavy atom. The molecule has 1 aromatic rings. The quantitative estimate of drug-likeness (QED) is 0.843. The van der Waals surface area contributed by atoms with E-state index in [0.717, 1.165) is 24.0 Å². The third-order valence-electron chi connectivity index (χ3n) is 3.83. The van der Waals surface area contributed by atoms with Crippen molar-refractivity contribution >= 4 is 0 Å². The molecule has 94 valence electrons. The third-order valence-corrected chi connectivity index (χ3v) is 3.83. The maximum Gasteiger partial charge on any atom is 0.0833 e. The average molecular weight is 233 g/mol. The molecule has 1 fully saturated rings. The highest BCUT2D eigenvalue weighted by atomic mass is 16.3. The molecule has 2 rings (SSSR count). The highest BCUT2D eigenvalue weighted by molar-refractivity contribution is 5.19. The van der Waals surface area contributed by atoms with Crippen LogP contribution in [0.5, 0.6) is 0 Å². The lowest BCUT2D eigenvalue weighted by Gasteiger charge is -2.25. The minimum atomic E-state index is -0.319. The van der Waals surface area contributed by atoms with E-state index in [4.69, 9.17) is 0 Å². The second kappa shape index (κ2) is 6.15. The lowest BCUT2D eigenvalue weighted by molar-refractivity contribution is 0.0909. The number of hydrogen-bond donors (Lipinski definition) is 1. The van der Waals surface area contributed by atoms with E-state index in [9.17, 15) is 5.11 Å². The molecule has 0 aliphatic heterocycles. The molecule has 0 aromatic carbocycles. The van der Waals surface area contributed by atoms with Crippen LogP contribution in [0.15, 0.2) is 18.5 Å². The van der Waals surface area contributed by atoms with Crippen molar-refractivity contribution in [3.8, 4) is 0 Å². The van der Waals surface area contributed by atoms with E-state index in [0.29, 0.717) is 5.92 Å². The predicted molar refractivity (Wildman–Crippen MR) is 69.7 cm³/mol. The molecular weight excluding hydrogens is 210 g/mol. The molecule has 1 aliphatic rings. The Morgan fingerprint density at radius 1 is 1.12 bits per heavy atom. The summed E-state index contributed by atoms with van der Waals surface area (Å²) in [6.45, 7) is 2.03. The first kappa shape index (κ1) is 12.6. The van der Waals surface area contributed by atoms with Crippen LogP contribution in [0.4, 0.5) is 0 Å². The maximum atomic E-state index is 10.4. The Labute approximate surface area is 104 Å². The second-order valence-electron chi connectivity index (χ2n) is 5.35. The average Bonchev–Trinajstić information content (AvgIpc) is 2.28. The molecular formula is C15H23NO. The van der Waals surface area contributed by atoms with Gasteiger partial charge in [0.15, 0.2) is 0 Å². The molecule has 0 saturated heterocycles. The molecule has 2 heteroatoms. The number of nitrogens with zero attached hydrogens (tertiary/aromatic N) is 1. The van der Waals surface area contributed by atoms with Gasteiger partial charge in [0.2, 0.25) is 0 Å². The minimum Gasteiger partial charge on any atom is -0.388 e. The summed E-state index contributed by atoms with van der Waals surface area (Å²) in [6.07, 6.45) is 12.2. The van der Waals surface area contributed by atoms with Crippen molar-refractivity contribution in [2.24, 2.45) is 5.92 Å². The molecule has 1 aliphatic carbocycles. The number of pyridine rings is 1. The molecule has 17 heavy (non-hydrogen) atoms. The fourth-order valence-electron chi connectivity index (χ4n) is 2.82. The fourth-order valence-corrected chi connectivity index (χ4v) is 2.82. The van der Waals surface area contributed by atoms with Crippen molar-refractivity contribution in [1.82, 2.24) is 4.98 Å². The largest absolute Gasteiger partial charge is 0.388 e. The van der Waals surface area contributed by atoms with Crippen LogP contribution in [0.2, 0.25) is 0 Å². The first-order valence-corrected chi connectivity index (χ1v) is 6.87. The standard InChI is InChI=1S/C15H23NO/c1-12-9-14(11-16-10-12)15(17)13-7-5-3-2-4-6-8-13/h9-11,13,15,17H,2-8H2,1H3. The van der Waals surface area contributed by atoms with Gasteiger partial charge in [0.1, 0.15) is 0 Å².